The lowest BCUT2D eigenvalue weighted by Crippen LogP contribution is -2.34. The Bertz CT molecular complexity index is 1180. The molecule has 6 heteroatoms. The number of carbonyl (C=O) groups is 1. The van der Waals surface area contributed by atoms with Crippen molar-refractivity contribution in [3.8, 4) is 0 Å². The minimum Gasteiger partial charge on any atom is -0.456 e. The molecule has 1 fully saturated rings. The van der Waals surface area contributed by atoms with Gasteiger partial charge in [0.25, 0.3) is 5.91 Å². The molecule has 0 unspecified atom stereocenters. The summed E-state index contributed by atoms with van der Waals surface area (Å²) in [7, 11) is 0. The molecule has 0 spiro atoms. The Kier molecular flexibility index (Phi) is 5.04. The highest BCUT2D eigenvalue weighted by molar-refractivity contribution is 7.15. The molecule has 0 bridgehead atoms. The van der Waals surface area contributed by atoms with Gasteiger partial charge in [-0.1, -0.05) is 51.2 Å². The first-order chi connectivity index (χ1) is 15.1. The molecule has 32 heavy (non-hydrogen) atoms. The molecular weight excluding hydrogens is 418 g/mol. The van der Waals surface area contributed by atoms with Crippen LogP contribution in [0.15, 0.2) is 28.7 Å². The van der Waals surface area contributed by atoms with E-state index >= 15 is 0 Å². The summed E-state index contributed by atoms with van der Waals surface area (Å²) in [4.78, 5) is 12.6. The predicted octanol–water partition coefficient (Wildman–Crippen LogP) is 6.51. The first-order valence-electron chi connectivity index (χ1n) is 11.5. The largest absolute Gasteiger partial charge is 0.456 e. The number of amides is 1. The number of furan rings is 1. The lowest BCUT2D eigenvalue weighted by Gasteiger charge is -2.42. The fraction of sp³-hybridized carbons (Fsp3) is 0.500. The lowest BCUT2D eigenvalue weighted by atomic mass is 9.62. The van der Waals surface area contributed by atoms with Crippen LogP contribution in [0.3, 0.4) is 0 Å². The van der Waals surface area contributed by atoms with E-state index in [4.69, 9.17) is 4.42 Å². The predicted molar refractivity (Wildman–Crippen MR) is 128 cm³/mol. The summed E-state index contributed by atoms with van der Waals surface area (Å²) in [6, 6.07) is 8.39. The lowest BCUT2D eigenvalue weighted by molar-refractivity contribution is 0.0995. The van der Waals surface area contributed by atoms with Gasteiger partial charge in [0.2, 0.25) is 5.13 Å². The summed E-state index contributed by atoms with van der Waals surface area (Å²) < 4.78 is 5.92. The van der Waals surface area contributed by atoms with Crippen molar-refractivity contribution in [2.24, 2.45) is 0 Å². The van der Waals surface area contributed by atoms with Gasteiger partial charge in [-0.3, -0.25) is 10.1 Å². The van der Waals surface area contributed by atoms with Crippen LogP contribution in [0.25, 0.3) is 0 Å². The van der Waals surface area contributed by atoms with Gasteiger partial charge < -0.3 is 4.42 Å². The average molecular weight is 450 g/mol. The maximum absolute atomic E-state index is 12.6. The Labute approximate surface area is 193 Å². The van der Waals surface area contributed by atoms with Gasteiger partial charge in [0.15, 0.2) is 5.76 Å². The minimum atomic E-state index is -0.278. The number of fused-ring (bicyclic) bond motifs is 1. The summed E-state index contributed by atoms with van der Waals surface area (Å²) in [6.45, 7) is 11.6. The van der Waals surface area contributed by atoms with Crippen molar-refractivity contribution in [1.29, 1.82) is 0 Å². The smallest absolute Gasteiger partial charge is 0.293 e. The number of nitrogens with zero attached hydrogens (tertiary/aromatic N) is 2. The Morgan fingerprint density at radius 1 is 1.09 bits per heavy atom. The molecule has 2 heterocycles. The van der Waals surface area contributed by atoms with Gasteiger partial charge in [-0.2, -0.15) is 0 Å². The van der Waals surface area contributed by atoms with Gasteiger partial charge in [-0.05, 0) is 77.8 Å². The number of aryl methyl sites for hydroxylation is 1. The van der Waals surface area contributed by atoms with E-state index in [1.807, 2.05) is 6.07 Å². The highest BCUT2D eigenvalue weighted by atomic mass is 32.1. The van der Waals surface area contributed by atoms with E-state index in [0.29, 0.717) is 23.2 Å². The fourth-order valence-corrected chi connectivity index (χ4v) is 5.59. The maximum atomic E-state index is 12.6. The van der Waals surface area contributed by atoms with Crippen LogP contribution in [0.5, 0.6) is 0 Å². The van der Waals surface area contributed by atoms with Crippen LogP contribution in [-0.4, -0.2) is 16.1 Å². The zero-order valence-corrected chi connectivity index (χ0v) is 20.4. The monoisotopic (exact) mass is 449 g/mol. The van der Waals surface area contributed by atoms with Crippen LogP contribution >= 0.6 is 11.3 Å². The van der Waals surface area contributed by atoms with E-state index in [9.17, 15) is 4.79 Å². The SMILES string of the molecule is Cc1cc2c(cc1Cc1ccc(C(=O)Nc3nnc(C4CC4)s3)o1)C(C)(C)CCC2(C)C. The Morgan fingerprint density at radius 2 is 1.78 bits per heavy atom. The summed E-state index contributed by atoms with van der Waals surface area (Å²) in [5, 5.41) is 12.6. The Hall–Kier alpha value is -2.47. The summed E-state index contributed by atoms with van der Waals surface area (Å²) in [5.41, 5.74) is 5.82. The molecule has 168 valence electrons. The number of hydrogen-bond donors (Lipinski definition) is 1. The minimum absolute atomic E-state index is 0.169. The van der Waals surface area contributed by atoms with Gasteiger partial charge in [0, 0.05) is 12.3 Å². The fourth-order valence-electron chi connectivity index (χ4n) is 4.68. The van der Waals surface area contributed by atoms with Gasteiger partial charge in [0.1, 0.15) is 10.8 Å². The molecule has 1 amide bonds. The molecule has 1 aromatic carbocycles. The van der Waals surface area contributed by atoms with Crippen molar-refractivity contribution < 1.29 is 9.21 Å². The third-order valence-electron chi connectivity index (χ3n) is 7.15. The zero-order valence-electron chi connectivity index (χ0n) is 19.5. The summed E-state index contributed by atoms with van der Waals surface area (Å²) >= 11 is 1.45. The number of benzene rings is 1. The van der Waals surface area contributed by atoms with Crippen LogP contribution in [0.2, 0.25) is 0 Å². The van der Waals surface area contributed by atoms with Gasteiger partial charge in [-0.15, -0.1) is 10.2 Å². The maximum Gasteiger partial charge on any atom is 0.293 e. The standard InChI is InChI=1S/C26H31N3O2S/c1-15-12-19-20(26(4,5)11-10-25(19,2)3)14-17(15)13-18-8-9-21(31-18)22(30)27-24-29-28-23(32-24)16-6-7-16/h8-9,12,14,16H,6-7,10-11,13H2,1-5H3,(H,27,29,30). The van der Waals surface area contributed by atoms with E-state index in [1.54, 1.807) is 6.07 Å². The van der Waals surface area contributed by atoms with E-state index < -0.39 is 0 Å². The molecule has 1 saturated carbocycles. The second-order valence-electron chi connectivity index (χ2n) is 10.7. The highest BCUT2D eigenvalue weighted by Gasteiger charge is 2.37. The van der Waals surface area contributed by atoms with Crippen LogP contribution in [0, 0.1) is 6.92 Å². The van der Waals surface area contributed by atoms with Crippen molar-refractivity contribution in [1.82, 2.24) is 10.2 Å². The molecular formula is C26H31N3O2S. The number of anilines is 1. The third kappa shape index (κ3) is 4.01. The first kappa shape index (κ1) is 21.4. The van der Waals surface area contributed by atoms with E-state index in [-0.39, 0.29) is 16.7 Å². The second kappa shape index (κ2) is 7.55. The summed E-state index contributed by atoms with van der Waals surface area (Å²) in [5.74, 6) is 1.35. The molecule has 2 aromatic heterocycles. The number of aromatic nitrogens is 2. The zero-order chi connectivity index (χ0) is 22.7. The normalized spacial score (nSPS) is 18.9. The molecule has 0 saturated heterocycles. The molecule has 5 nitrogen and oxygen atoms in total. The number of carbonyl (C=O) groups excluding carboxylic acids is 1. The van der Waals surface area contributed by atoms with Gasteiger partial charge in [0.05, 0.1) is 0 Å². The molecule has 0 radical (unpaired) electrons. The second-order valence-corrected chi connectivity index (χ2v) is 11.7. The van der Waals surface area contributed by atoms with Crippen LogP contribution in [-0.2, 0) is 17.3 Å². The Morgan fingerprint density at radius 3 is 2.47 bits per heavy atom. The average Bonchev–Trinajstić information content (AvgIpc) is 3.29. The van der Waals surface area contributed by atoms with Gasteiger partial charge >= 0.3 is 0 Å². The van der Waals surface area contributed by atoms with Crippen molar-refractivity contribution in [2.75, 3.05) is 5.32 Å². The molecule has 0 aliphatic heterocycles. The van der Waals surface area contributed by atoms with Crippen LogP contribution < -0.4 is 5.32 Å². The Balaban J connectivity index is 1.34. The number of rotatable bonds is 5. The number of hydrogen-bond acceptors (Lipinski definition) is 5. The molecule has 0 atom stereocenters. The molecule has 1 N–H and O–H groups in total. The molecule has 3 aromatic rings. The molecule has 2 aliphatic rings. The van der Waals surface area contributed by atoms with E-state index in [2.05, 4.69) is 62.3 Å². The first-order valence-corrected chi connectivity index (χ1v) is 12.3. The molecule has 5 rings (SSSR count). The van der Waals surface area contributed by atoms with Crippen LogP contribution in [0.1, 0.15) is 103 Å². The third-order valence-corrected chi connectivity index (χ3v) is 8.15. The quantitative estimate of drug-likeness (QED) is 0.482. The van der Waals surface area contributed by atoms with Crippen LogP contribution in [0.4, 0.5) is 5.13 Å². The van der Waals surface area contributed by atoms with E-state index in [0.717, 1.165) is 10.8 Å². The van der Waals surface area contributed by atoms with Crippen molar-refractivity contribution >= 4 is 22.4 Å². The summed E-state index contributed by atoms with van der Waals surface area (Å²) in [6.07, 6.45) is 5.41. The topological polar surface area (TPSA) is 68.0 Å². The highest BCUT2D eigenvalue weighted by Crippen LogP contribution is 2.46. The van der Waals surface area contributed by atoms with Gasteiger partial charge in [-0.25, -0.2) is 0 Å². The molecule has 2 aliphatic carbocycles. The van der Waals surface area contributed by atoms with Crippen molar-refractivity contribution in [2.45, 2.75) is 83.5 Å². The van der Waals surface area contributed by atoms with E-state index in [1.165, 1.54) is 59.3 Å². The number of nitrogens with one attached hydrogen (secondary N) is 1. The van der Waals surface area contributed by atoms with Crippen molar-refractivity contribution in [3.05, 3.63) is 63.0 Å². The van der Waals surface area contributed by atoms with Crippen molar-refractivity contribution in [3.63, 3.8) is 0 Å².